The second kappa shape index (κ2) is 8.88. The number of carbonyl (C=O) groups is 1. The molecule has 0 fully saturated rings. The van der Waals surface area contributed by atoms with Crippen molar-refractivity contribution in [1.29, 1.82) is 0 Å². The Morgan fingerprint density at radius 3 is 2.62 bits per heavy atom. The summed E-state index contributed by atoms with van der Waals surface area (Å²) in [6, 6.07) is 26.0. The summed E-state index contributed by atoms with van der Waals surface area (Å²) in [5, 5.41) is 2.95. The molecule has 4 aromatic rings. The predicted octanol–water partition coefficient (Wildman–Crippen LogP) is 5.18. The van der Waals surface area contributed by atoms with Crippen molar-refractivity contribution >= 4 is 38.9 Å². The Hall–Kier alpha value is -3.18. The van der Waals surface area contributed by atoms with Crippen LogP contribution in [0.4, 0.5) is 0 Å². The molecule has 0 aliphatic carbocycles. The lowest BCUT2D eigenvalue weighted by Crippen LogP contribution is -2.23. The summed E-state index contributed by atoms with van der Waals surface area (Å²) in [6.45, 7) is 1.05. The number of aromatic nitrogens is 2. The van der Waals surface area contributed by atoms with Crippen LogP contribution in [-0.2, 0) is 17.9 Å². The van der Waals surface area contributed by atoms with Crippen molar-refractivity contribution in [2.24, 2.45) is 0 Å². The second-order valence-corrected chi connectivity index (χ2v) is 7.61. The monoisotopic (exact) mass is 445 g/mol. The number of rotatable bonds is 6. The van der Waals surface area contributed by atoms with Gasteiger partial charge in [0.2, 0.25) is 5.91 Å². The molecule has 1 heterocycles. The van der Waals surface area contributed by atoms with E-state index in [0.29, 0.717) is 13.1 Å². The fourth-order valence-electron chi connectivity index (χ4n) is 3.22. The molecule has 0 spiro atoms. The fraction of sp³-hybridized carbons (Fsp3) is 0.0833. The molecule has 144 valence electrons. The van der Waals surface area contributed by atoms with E-state index >= 15 is 0 Å². The number of halogens is 1. The number of hydrogen-bond donors (Lipinski definition) is 1. The van der Waals surface area contributed by atoms with Gasteiger partial charge in [0.15, 0.2) is 0 Å². The van der Waals surface area contributed by atoms with Crippen LogP contribution in [0.25, 0.3) is 17.1 Å². The molecule has 0 aliphatic rings. The summed E-state index contributed by atoms with van der Waals surface area (Å²) in [6.07, 6.45) is 3.36. The van der Waals surface area contributed by atoms with E-state index < -0.39 is 0 Å². The van der Waals surface area contributed by atoms with Gasteiger partial charge in [0.1, 0.15) is 5.82 Å². The number of fused-ring (bicyclic) bond motifs is 1. The van der Waals surface area contributed by atoms with Crippen LogP contribution in [0.2, 0.25) is 0 Å². The smallest absolute Gasteiger partial charge is 0.244 e. The van der Waals surface area contributed by atoms with Gasteiger partial charge in [0.05, 0.1) is 17.6 Å². The summed E-state index contributed by atoms with van der Waals surface area (Å²) in [4.78, 5) is 17.0. The molecule has 0 unspecified atom stereocenters. The lowest BCUT2D eigenvalue weighted by atomic mass is 10.2. The number of amides is 1. The van der Waals surface area contributed by atoms with Crippen molar-refractivity contribution in [3.05, 3.63) is 106 Å². The molecule has 1 N–H and O–H groups in total. The van der Waals surface area contributed by atoms with E-state index in [1.165, 1.54) is 5.56 Å². The van der Waals surface area contributed by atoms with Gasteiger partial charge < -0.3 is 9.88 Å². The Morgan fingerprint density at radius 2 is 1.79 bits per heavy atom. The third-order valence-electron chi connectivity index (χ3n) is 4.61. The molecular weight excluding hydrogens is 426 g/mol. The molecule has 0 aliphatic heterocycles. The van der Waals surface area contributed by atoms with Crippen LogP contribution in [-0.4, -0.2) is 15.5 Å². The summed E-state index contributed by atoms with van der Waals surface area (Å²) < 4.78 is 3.19. The molecule has 0 bridgehead atoms. The molecular formula is C24H20BrN3O. The highest BCUT2D eigenvalue weighted by Gasteiger charge is 2.11. The Morgan fingerprint density at radius 1 is 1.00 bits per heavy atom. The second-order valence-electron chi connectivity index (χ2n) is 6.69. The maximum absolute atomic E-state index is 12.3. The Balaban J connectivity index is 1.53. The van der Waals surface area contributed by atoms with E-state index in [0.717, 1.165) is 26.9 Å². The molecule has 4 rings (SSSR count). The maximum Gasteiger partial charge on any atom is 0.244 e. The zero-order valence-corrected chi connectivity index (χ0v) is 17.3. The van der Waals surface area contributed by atoms with Gasteiger partial charge in [-0.25, -0.2) is 4.98 Å². The summed E-state index contributed by atoms with van der Waals surface area (Å²) in [7, 11) is 0. The molecule has 1 amide bonds. The van der Waals surface area contributed by atoms with Gasteiger partial charge in [-0.15, -0.1) is 0 Å². The zero-order valence-electron chi connectivity index (χ0n) is 15.8. The average molecular weight is 446 g/mol. The molecule has 0 saturated carbocycles. The van der Waals surface area contributed by atoms with Crippen molar-refractivity contribution in [3.63, 3.8) is 0 Å². The number of benzene rings is 3. The van der Waals surface area contributed by atoms with Crippen LogP contribution in [0.1, 0.15) is 17.0 Å². The highest BCUT2D eigenvalue weighted by atomic mass is 79.9. The molecule has 0 saturated heterocycles. The Labute approximate surface area is 178 Å². The molecule has 5 heteroatoms. The third-order valence-corrected chi connectivity index (χ3v) is 5.10. The minimum absolute atomic E-state index is 0.144. The molecule has 3 aromatic carbocycles. The van der Waals surface area contributed by atoms with Crippen LogP contribution >= 0.6 is 15.9 Å². The summed E-state index contributed by atoms with van der Waals surface area (Å²) >= 11 is 3.53. The van der Waals surface area contributed by atoms with E-state index in [-0.39, 0.29) is 5.91 Å². The standard InChI is InChI=1S/C24H20BrN3O/c25-20-10-6-9-19(15-20)17-28-22-12-5-4-11-21(22)27-23(28)16-26-24(29)14-13-18-7-2-1-3-8-18/h1-15H,16-17H2,(H,26,29)/b14-13-. The van der Waals surface area contributed by atoms with Gasteiger partial charge in [-0.05, 0) is 41.5 Å². The molecule has 0 atom stereocenters. The minimum atomic E-state index is -0.144. The van der Waals surface area contributed by atoms with Gasteiger partial charge in [-0.1, -0.05) is 70.5 Å². The van der Waals surface area contributed by atoms with Crippen LogP contribution < -0.4 is 5.32 Å². The lowest BCUT2D eigenvalue weighted by Gasteiger charge is -2.10. The van der Waals surface area contributed by atoms with Gasteiger partial charge in [-0.3, -0.25) is 4.79 Å². The lowest BCUT2D eigenvalue weighted by molar-refractivity contribution is -0.116. The highest BCUT2D eigenvalue weighted by Crippen LogP contribution is 2.19. The molecule has 29 heavy (non-hydrogen) atoms. The summed E-state index contributed by atoms with van der Waals surface area (Å²) in [5.74, 6) is 0.683. The van der Waals surface area contributed by atoms with Crippen LogP contribution in [0.5, 0.6) is 0 Å². The van der Waals surface area contributed by atoms with Gasteiger partial charge in [0.25, 0.3) is 0 Å². The van der Waals surface area contributed by atoms with Gasteiger partial charge in [0, 0.05) is 17.1 Å². The first kappa shape index (κ1) is 19.2. The third kappa shape index (κ3) is 4.81. The zero-order chi connectivity index (χ0) is 20.1. The normalized spacial score (nSPS) is 11.2. The number of carbonyl (C=O) groups excluding carboxylic acids is 1. The van der Waals surface area contributed by atoms with E-state index in [2.05, 4.69) is 44.0 Å². The average Bonchev–Trinajstić information content (AvgIpc) is 3.09. The van der Waals surface area contributed by atoms with Crippen molar-refractivity contribution in [1.82, 2.24) is 14.9 Å². The van der Waals surface area contributed by atoms with Crippen LogP contribution in [0.3, 0.4) is 0 Å². The van der Waals surface area contributed by atoms with E-state index in [1.807, 2.05) is 60.7 Å². The number of para-hydroxylation sites is 2. The highest BCUT2D eigenvalue weighted by molar-refractivity contribution is 9.10. The Bertz CT molecular complexity index is 1170. The van der Waals surface area contributed by atoms with Crippen molar-refractivity contribution in [2.75, 3.05) is 0 Å². The van der Waals surface area contributed by atoms with Crippen molar-refractivity contribution in [3.8, 4) is 0 Å². The predicted molar refractivity (Wildman–Crippen MR) is 120 cm³/mol. The Kier molecular flexibility index (Phi) is 5.86. The van der Waals surface area contributed by atoms with Crippen LogP contribution in [0.15, 0.2) is 89.4 Å². The molecule has 1 aromatic heterocycles. The van der Waals surface area contributed by atoms with Crippen LogP contribution in [0, 0.1) is 0 Å². The number of imidazole rings is 1. The van der Waals surface area contributed by atoms with E-state index in [1.54, 1.807) is 12.2 Å². The van der Waals surface area contributed by atoms with Crippen molar-refractivity contribution < 1.29 is 4.79 Å². The number of nitrogens with one attached hydrogen (secondary N) is 1. The van der Waals surface area contributed by atoms with Gasteiger partial charge in [-0.2, -0.15) is 0 Å². The number of nitrogens with zero attached hydrogens (tertiary/aromatic N) is 2. The molecule has 4 nitrogen and oxygen atoms in total. The maximum atomic E-state index is 12.3. The number of hydrogen-bond acceptors (Lipinski definition) is 2. The summed E-state index contributed by atoms with van der Waals surface area (Å²) in [5.41, 5.74) is 4.13. The molecule has 0 radical (unpaired) electrons. The fourth-order valence-corrected chi connectivity index (χ4v) is 3.66. The first-order chi connectivity index (χ1) is 14.2. The van der Waals surface area contributed by atoms with E-state index in [9.17, 15) is 4.79 Å². The SMILES string of the molecule is O=C(/C=C\c1ccccc1)NCc1nc2ccccc2n1Cc1cccc(Br)c1. The first-order valence-corrected chi connectivity index (χ1v) is 10.2. The minimum Gasteiger partial charge on any atom is -0.345 e. The largest absolute Gasteiger partial charge is 0.345 e. The quantitative estimate of drug-likeness (QED) is 0.415. The van der Waals surface area contributed by atoms with Crippen molar-refractivity contribution in [2.45, 2.75) is 13.1 Å². The topological polar surface area (TPSA) is 46.9 Å². The van der Waals surface area contributed by atoms with E-state index in [4.69, 9.17) is 4.98 Å². The van der Waals surface area contributed by atoms with Gasteiger partial charge >= 0.3 is 0 Å². The first-order valence-electron chi connectivity index (χ1n) is 9.38.